The van der Waals surface area contributed by atoms with E-state index in [0.29, 0.717) is 44.1 Å². The van der Waals surface area contributed by atoms with Crippen molar-refractivity contribution < 1.29 is 36.5 Å². The van der Waals surface area contributed by atoms with E-state index >= 15 is 8.78 Å². The Kier molecular flexibility index (Phi) is 9.53. The van der Waals surface area contributed by atoms with Crippen molar-refractivity contribution in [3.63, 3.8) is 0 Å². The number of aromatic hydroxyl groups is 1. The fourth-order valence-corrected chi connectivity index (χ4v) is 10.8. The Hall–Kier alpha value is -4.32. The minimum absolute atomic E-state index is 0.0173. The van der Waals surface area contributed by atoms with E-state index in [0.717, 1.165) is 58.0 Å². The van der Waals surface area contributed by atoms with E-state index < -0.39 is 21.5 Å². The number of benzene rings is 2. The number of terminal acetylenes is 1. The molecule has 280 valence electrons. The smallest absolute Gasteiger partial charge is 0.319 e. The zero-order valence-corrected chi connectivity index (χ0v) is 30.6. The molecule has 2 atom stereocenters. The highest BCUT2D eigenvalue weighted by Gasteiger charge is 2.49. The van der Waals surface area contributed by atoms with Gasteiger partial charge in [0.05, 0.1) is 37.4 Å². The lowest BCUT2D eigenvalue weighted by atomic mass is 9.75. The van der Waals surface area contributed by atoms with Gasteiger partial charge < -0.3 is 24.2 Å². The predicted molar refractivity (Wildman–Crippen MR) is 197 cm³/mol. The second-order valence-corrected chi connectivity index (χ2v) is 17.0. The third-order valence-corrected chi connectivity index (χ3v) is 13.5. The molecule has 2 unspecified atom stereocenters. The largest absolute Gasteiger partial charge is 0.508 e. The zero-order chi connectivity index (χ0) is 36.9. The van der Waals surface area contributed by atoms with Crippen LogP contribution in [0.2, 0.25) is 0 Å². The predicted octanol–water partition coefficient (Wildman–Crippen LogP) is 5.49. The van der Waals surface area contributed by atoms with Crippen molar-refractivity contribution in [2.24, 2.45) is 11.3 Å². The summed E-state index contributed by atoms with van der Waals surface area (Å²) in [6.07, 6.45) is 12.4. The fraction of sp³-hybridized carbons (Fsp3) is 0.513. The third kappa shape index (κ3) is 6.61. The Morgan fingerprint density at radius 2 is 1.89 bits per heavy atom. The van der Waals surface area contributed by atoms with Gasteiger partial charge in [-0.2, -0.15) is 9.97 Å². The SMILES string of the molecule is C#Cc1c(F)ccc2cc(O)cc(-c3nc(OC)c4c(N5CCCOCC5)nc(OCC56CCCC5N(CCC5CS(=O)(=O)C5)CCC6)nc4c3F)c12. The number of hydrogen-bond acceptors (Lipinski definition) is 11. The standard InChI is InChI=1S/C39H43F2N5O6S/c1-3-27-29(40)9-8-25-19-26(47)20-28(31(25)27)34-33(41)35-32(37(42-34)50-2)36(46-14-6-17-51-18-16-46)44-38(43-35)52-23-39-11-4-7-30(39)45(13-5-12-39)15-10-24-21-53(48,49)22-24/h1,8-9,19-20,24,30,47H,4-7,10-18,21-23H2,2H3. The summed E-state index contributed by atoms with van der Waals surface area (Å²) in [5.41, 5.74) is -0.448. The van der Waals surface area contributed by atoms with Gasteiger partial charge in [-0.05, 0) is 81.1 Å². The molecule has 4 fully saturated rings. The van der Waals surface area contributed by atoms with Crippen LogP contribution in [-0.2, 0) is 14.6 Å². The first kappa shape index (κ1) is 35.7. The molecule has 11 nitrogen and oxygen atoms in total. The Morgan fingerprint density at radius 3 is 2.68 bits per heavy atom. The summed E-state index contributed by atoms with van der Waals surface area (Å²) in [6, 6.07) is 5.72. The molecule has 4 aliphatic rings. The first-order valence-corrected chi connectivity index (χ1v) is 20.2. The number of ether oxygens (including phenoxy) is 3. The highest BCUT2D eigenvalue weighted by Crippen LogP contribution is 2.49. The first-order valence-electron chi connectivity index (χ1n) is 18.4. The summed E-state index contributed by atoms with van der Waals surface area (Å²) in [4.78, 5) is 18.7. The number of sulfone groups is 1. The van der Waals surface area contributed by atoms with Crippen molar-refractivity contribution >= 4 is 37.3 Å². The van der Waals surface area contributed by atoms with Crippen LogP contribution < -0.4 is 14.4 Å². The second kappa shape index (κ2) is 14.2. The van der Waals surface area contributed by atoms with Crippen LogP contribution in [-0.4, -0.2) is 104 Å². The number of anilines is 1. The van der Waals surface area contributed by atoms with E-state index in [1.807, 2.05) is 4.90 Å². The van der Waals surface area contributed by atoms with Crippen LogP contribution in [0.1, 0.15) is 50.5 Å². The molecule has 1 aliphatic carbocycles. The number of halogens is 2. The molecule has 5 heterocycles. The highest BCUT2D eigenvalue weighted by molar-refractivity contribution is 7.92. The number of pyridine rings is 1. The van der Waals surface area contributed by atoms with E-state index in [1.165, 1.54) is 31.4 Å². The number of piperidine rings is 1. The van der Waals surface area contributed by atoms with E-state index in [-0.39, 0.29) is 79.6 Å². The number of phenolic OH excluding ortho intramolecular Hbond substituents is 1. The van der Waals surface area contributed by atoms with E-state index in [4.69, 9.17) is 25.6 Å². The van der Waals surface area contributed by atoms with E-state index in [1.54, 1.807) is 0 Å². The van der Waals surface area contributed by atoms with Gasteiger partial charge in [-0.3, -0.25) is 4.90 Å². The summed E-state index contributed by atoms with van der Waals surface area (Å²) >= 11 is 0. The first-order chi connectivity index (χ1) is 25.6. The molecule has 3 saturated heterocycles. The van der Waals surface area contributed by atoms with Crippen LogP contribution in [0, 0.1) is 35.3 Å². The molecule has 1 N–H and O–H groups in total. The number of aromatic nitrogens is 3. The zero-order valence-electron chi connectivity index (χ0n) is 29.7. The van der Waals surface area contributed by atoms with Gasteiger partial charge in [0.1, 0.15) is 34.0 Å². The van der Waals surface area contributed by atoms with Crippen LogP contribution in [0.3, 0.4) is 0 Å². The number of fused-ring (bicyclic) bond motifs is 3. The molecule has 0 radical (unpaired) electrons. The van der Waals surface area contributed by atoms with E-state index in [9.17, 15) is 13.5 Å². The number of likely N-dealkylation sites (tertiary alicyclic amines) is 1. The van der Waals surface area contributed by atoms with E-state index in [2.05, 4.69) is 20.8 Å². The maximum Gasteiger partial charge on any atom is 0.319 e. The molecule has 0 amide bonds. The topological polar surface area (TPSA) is 127 Å². The van der Waals surface area contributed by atoms with Crippen molar-refractivity contribution in [1.29, 1.82) is 0 Å². The molecule has 53 heavy (non-hydrogen) atoms. The van der Waals surface area contributed by atoms with Crippen LogP contribution in [0.4, 0.5) is 14.6 Å². The summed E-state index contributed by atoms with van der Waals surface area (Å²) in [5, 5.41) is 11.6. The second-order valence-electron chi connectivity index (χ2n) is 14.9. The van der Waals surface area contributed by atoms with Gasteiger partial charge in [0.2, 0.25) is 5.88 Å². The normalized spacial score (nSPS) is 23.4. The lowest BCUT2D eigenvalue weighted by Gasteiger charge is -2.46. The molecule has 1 saturated carbocycles. The number of hydrogen-bond donors (Lipinski definition) is 1. The van der Waals surface area contributed by atoms with Crippen LogP contribution in [0.5, 0.6) is 17.6 Å². The van der Waals surface area contributed by atoms with Gasteiger partial charge in [-0.1, -0.05) is 18.4 Å². The van der Waals surface area contributed by atoms with Crippen molar-refractivity contribution in [1.82, 2.24) is 19.9 Å². The number of rotatable bonds is 9. The maximum atomic E-state index is 17.2. The minimum atomic E-state index is -2.86. The molecular formula is C39H43F2N5O6S. The Bertz CT molecular complexity index is 2210. The van der Waals surface area contributed by atoms with Gasteiger partial charge in [0, 0.05) is 42.1 Å². The molecule has 0 spiro atoms. The minimum Gasteiger partial charge on any atom is -0.508 e. The number of nitrogens with zero attached hydrogens (tertiary/aromatic N) is 5. The molecular weight excluding hydrogens is 705 g/mol. The third-order valence-electron chi connectivity index (χ3n) is 11.6. The molecule has 2 aromatic heterocycles. The van der Waals surface area contributed by atoms with Gasteiger partial charge in [-0.25, -0.2) is 22.2 Å². The molecule has 3 aliphatic heterocycles. The summed E-state index contributed by atoms with van der Waals surface area (Å²) < 4.78 is 73.8. The monoisotopic (exact) mass is 747 g/mol. The van der Waals surface area contributed by atoms with Crippen molar-refractivity contribution in [2.45, 2.75) is 51.0 Å². The van der Waals surface area contributed by atoms with Crippen molar-refractivity contribution in [2.75, 3.05) is 69.5 Å². The number of phenols is 1. The molecule has 0 bridgehead atoms. The molecule has 8 rings (SSSR count). The average Bonchev–Trinajstić information content (AvgIpc) is 3.39. The number of methoxy groups -OCH3 is 1. The quantitative estimate of drug-likeness (QED) is 0.219. The summed E-state index contributed by atoms with van der Waals surface area (Å²) in [7, 11) is -1.44. The Morgan fingerprint density at radius 1 is 1.06 bits per heavy atom. The highest BCUT2D eigenvalue weighted by atomic mass is 32.2. The molecule has 2 aromatic carbocycles. The maximum absolute atomic E-state index is 17.2. The van der Waals surface area contributed by atoms with Crippen molar-refractivity contribution in [3.05, 3.63) is 41.5 Å². The summed E-state index contributed by atoms with van der Waals surface area (Å²) in [5.74, 6) is 1.97. The lowest BCUT2D eigenvalue weighted by Crippen LogP contribution is -2.53. The van der Waals surface area contributed by atoms with Crippen LogP contribution in [0.15, 0.2) is 24.3 Å². The molecule has 4 aromatic rings. The Balaban J connectivity index is 1.20. The Labute approximate surface area is 307 Å². The van der Waals surface area contributed by atoms with Gasteiger partial charge in [0.15, 0.2) is 15.7 Å². The fourth-order valence-electron chi connectivity index (χ4n) is 9.11. The molecule has 14 heteroatoms. The van der Waals surface area contributed by atoms with Crippen molar-refractivity contribution in [3.8, 4) is 41.2 Å². The van der Waals surface area contributed by atoms with Crippen LogP contribution >= 0.6 is 0 Å². The van der Waals surface area contributed by atoms with Gasteiger partial charge in [0.25, 0.3) is 0 Å². The van der Waals surface area contributed by atoms with Gasteiger partial charge >= 0.3 is 6.01 Å². The van der Waals surface area contributed by atoms with Crippen LogP contribution in [0.25, 0.3) is 32.9 Å². The average molecular weight is 748 g/mol. The van der Waals surface area contributed by atoms with Gasteiger partial charge in [-0.15, -0.1) is 6.42 Å². The summed E-state index contributed by atoms with van der Waals surface area (Å²) in [6.45, 7) is 4.27. The lowest BCUT2D eigenvalue weighted by molar-refractivity contribution is -0.00218.